The maximum atomic E-state index is 12.6. The number of nitrogens with one attached hydrogen (secondary N) is 2. The molecule has 0 saturated carbocycles. The van der Waals surface area contributed by atoms with Gasteiger partial charge in [-0.2, -0.15) is 8.78 Å². The van der Waals surface area contributed by atoms with Crippen LogP contribution in [-0.4, -0.2) is 49.2 Å². The first-order valence-electron chi connectivity index (χ1n) is 9.41. The number of halogens is 3. The van der Waals surface area contributed by atoms with Crippen LogP contribution in [0.4, 0.5) is 8.78 Å². The Bertz CT molecular complexity index is 620. The fourth-order valence-corrected chi connectivity index (χ4v) is 3.32. The third-order valence-electron chi connectivity index (χ3n) is 4.59. The van der Waals surface area contributed by atoms with Crippen molar-refractivity contribution in [1.29, 1.82) is 0 Å². The topological polar surface area (TPSA) is 48.9 Å². The lowest BCUT2D eigenvalue weighted by atomic mass is 10.0. The van der Waals surface area contributed by atoms with Gasteiger partial charge < -0.3 is 20.3 Å². The van der Waals surface area contributed by atoms with E-state index >= 15 is 0 Å². The Hall–Kier alpha value is -1.60. The third kappa shape index (κ3) is 7.14. The van der Waals surface area contributed by atoms with Crippen LogP contribution in [0.2, 0.25) is 5.02 Å². The molecule has 1 aliphatic rings. The fraction of sp³-hybridized carbons (Fsp3) is 0.632. The highest BCUT2D eigenvalue weighted by Crippen LogP contribution is 2.25. The summed E-state index contributed by atoms with van der Waals surface area (Å²) < 4.78 is 29.8. The molecule has 27 heavy (non-hydrogen) atoms. The van der Waals surface area contributed by atoms with Gasteiger partial charge in [-0.3, -0.25) is 0 Å². The van der Waals surface area contributed by atoms with Crippen LogP contribution in [0.15, 0.2) is 23.2 Å². The molecule has 0 spiro atoms. The van der Waals surface area contributed by atoms with Crippen molar-refractivity contribution in [1.82, 2.24) is 15.5 Å². The first kappa shape index (κ1) is 21.7. The molecule has 0 atom stereocenters. The zero-order valence-corrected chi connectivity index (χ0v) is 16.9. The van der Waals surface area contributed by atoms with Crippen LogP contribution in [0.3, 0.4) is 0 Å². The van der Waals surface area contributed by atoms with Crippen LogP contribution >= 0.6 is 11.6 Å². The third-order valence-corrected chi connectivity index (χ3v) is 4.83. The van der Waals surface area contributed by atoms with E-state index in [1.54, 1.807) is 6.07 Å². The Kier molecular flexibility index (Phi) is 8.57. The molecule has 0 aromatic heterocycles. The molecule has 1 heterocycles. The number of alkyl halides is 2. The Morgan fingerprint density at radius 2 is 2.04 bits per heavy atom. The van der Waals surface area contributed by atoms with E-state index in [1.807, 2.05) is 6.92 Å². The van der Waals surface area contributed by atoms with Gasteiger partial charge in [-0.25, -0.2) is 4.99 Å². The summed E-state index contributed by atoms with van der Waals surface area (Å²) in [5.74, 6) is 0.766. The van der Waals surface area contributed by atoms with Gasteiger partial charge >= 0.3 is 6.61 Å². The lowest BCUT2D eigenvalue weighted by molar-refractivity contribution is -0.0504. The number of rotatable bonds is 7. The predicted molar refractivity (Wildman–Crippen MR) is 106 cm³/mol. The number of aliphatic imine (C=N–C) groups is 1. The van der Waals surface area contributed by atoms with Crippen molar-refractivity contribution in [3.63, 3.8) is 0 Å². The summed E-state index contributed by atoms with van der Waals surface area (Å²) in [6.07, 6.45) is 2.08. The Labute approximate surface area is 165 Å². The molecule has 1 aliphatic heterocycles. The Morgan fingerprint density at radius 3 is 2.63 bits per heavy atom. The summed E-state index contributed by atoms with van der Waals surface area (Å²) in [6, 6.07) is 5.48. The van der Waals surface area contributed by atoms with E-state index in [-0.39, 0.29) is 12.3 Å². The number of benzene rings is 1. The van der Waals surface area contributed by atoms with E-state index < -0.39 is 6.61 Å². The maximum absolute atomic E-state index is 12.6. The molecule has 0 unspecified atom stereocenters. The van der Waals surface area contributed by atoms with E-state index in [4.69, 9.17) is 11.6 Å². The molecule has 1 aromatic carbocycles. The van der Waals surface area contributed by atoms with Crippen LogP contribution in [-0.2, 0) is 6.54 Å². The second kappa shape index (κ2) is 10.7. The number of ether oxygens (including phenoxy) is 1. The van der Waals surface area contributed by atoms with E-state index in [9.17, 15) is 8.78 Å². The van der Waals surface area contributed by atoms with Crippen molar-refractivity contribution in [2.24, 2.45) is 4.99 Å². The number of guanidine groups is 1. The summed E-state index contributed by atoms with van der Waals surface area (Å²) in [6.45, 7) is 6.54. The summed E-state index contributed by atoms with van der Waals surface area (Å²) in [5.41, 5.74) is 0.523. The van der Waals surface area contributed by atoms with E-state index in [0.717, 1.165) is 25.9 Å². The zero-order chi connectivity index (χ0) is 19.8. The van der Waals surface area contributed by atoms with Crippen LogP contribution in [0.25, 0.3) is 0 Å². The van der Waals surface area contributed by atoms with Gasteiger partial charge in [-0.15, -0.1) is 0 Å². The van der Waals surface area contributed by atoms with Crippen molar-refractivity contribution in [3.8, 4) is 5.75 Å². The normalized spacial score (nSPS) is 16.8. The number of hydrogen-bond acceptors (Lipinski definition) is 3. The molecule has 2 rings (SSSR count). The second-order valence-electron chi connectivity index (χ2n) is 6.87. The van der Waals surface area contributed by atoms with E-state index in [1.165, 1.54) is 12.1 Å². The van der Waals surface area contributed by atoms with E-state index in [0.29, 0.717) is 35.2 Å². The maximum Gasteiger partial charge on any atom is 0.387 e. The summed E-state index contributed by atoms with van der Waals surface area (Å²) in [4.78, 5) is 7.00. The monoisotopic (exact) mass is 402 g/mol. The van der Waals surface area contributed by atoms with Crippen molar-refractivity contribution < 1.29 is 13.5 Å². The highest BCUT2D eigenvalue weighted by Gasteiger charge is 2.21. The molecule has 0 radical (unpaired) electrons. The standard InChI is InChI=1S/C19H29ClF2N4O/c1-4-23-19(25-16-7-9-26(10-8-16)13(2)3)24-12-14-11-15(20)5-6-17(14)27-18(21)22/h5-6,11,13,16,18H,4,7-10,12H2,1-3H3,(H2,23,24,25). The van der Waals surface area contributed by atoms with Crippen molar-refractivity contribution in [3.05, 3.63) is 28.8 Å². The molecule has 152 valence electrons. The SMILES string of the molecule is CCNC(=NCc1cc(Cl)ccc1OC(F)F)NC1CCN(C(C)C)CC1. The first-order chi connectivity index (χ1) is 12.9. The zero-order valence-electron chi connectivity index (χ0n) is 16.1. The second-order valence-corrected chi connectivity index (χ2v) is 7.31. The Morgan fingerprint density at radius 1 is 1.33 bits per heavy atom. The Balaban J connectivity index is 2.02. The molecular formula is C19H29ClF2N4O. The van der Waals surface area contributed by atoms with Gasteiger partial charge in [-0.05, 0) is 51.8 Å². The van der Waals surface area contributed by atoms with Crippen molar-refractivity contribution in [2.75, 3.05) is 19.6 Å². The largest absolute Gasteiger partial charge is 0.434 e. The lowest BCUT2D eigenvalue weighted by Crippen LogP contribution is -2.49. The minimum Gasteiger partial charge on any atom is -0.434 e. The number of hydrogen-bond donors (Lipinski definition) is 2. The van der Waals surface area contributed by atoms with Crippen LogP contribution in [0.1, 0.15) is 39.2 Å². The van der Waals surface area contributed by atoms with Gasteiger partial charge in [0.05, 0.1) is 6.54 Å². The molecule has 5 nitrogen and oxygen atoms in total. The van der Waals surface area contributed by atoms with Crippen molar-refractivity contribution in [2.45, 2.75) is 58.9 Å². The fourth-order valence-electron chi connectivity index (χ4n) is 3.12. The quantitative estimate of drug-likeness (QED) is 0.537. The average Bonchev–Trinajstić information content (AvgIpc) is 2.62. The molecule has 0 bridgehead atoms. The van der Waals surface area contributed by atoms with Gasteiger partial charge in [0.15, 0.2) is 5.96 Å². The minimum absolute atomic E-state index is 0.0965. The van der Waals surface area contributed by atoms with Gasteiger partial charge in [0, 0.05) is 42.3 Å². The average molecular weight is 403 g/mol. The summed E-state index contributed by atoms with van der Waals surface area (Å²) in [7, 11) is 0. The van der Waals surface area contributed by atoms with Gasteiger partial charge in [0.2, 0.25) is 0 Å². The van der Waals surface area contributed by atoms with Crippen LogP contribution in [0, 0.1) is 0 Å². The molecule has 0 aliphatic carbocycles. The molecule has 1 fully saturated rings. The minimum atomic E-state index is -2.88. The van der Waals surface area contributed by atoms with Gasteiger partial charge in [0.1, 0.15) is 5.75 Å². The van der Waals surface area contributed by atoms with Gasteiger partial charge in [-0.1, -0.05) is 11.6 Å². The smallest absolute Gasteiger partial charge is 0.387 e. The molecular weight excluding hydrogens is 374 g/mol. The predicted octanol–water partition coefficient (Wildman–Crippen LogP) is 3.87. The number of piperidine rings is 1. The van der Waals surface area contributed by atoms with Crippen molar-refractivity contribution >= 4 is 17.6 Å². The van der Waals surface area contributed by atoms with Crippen LogP contribution in [0.5, 0.6) is 5.75 Å². The van der Waals surface area contributed by atoms with Gasteiger partial charge in [0.25, 0.3) is 0 Å². The number of likely N-dealkylation sites (tertiary alicyclic amines) is 1. The molecule has 8 heteroatoms. The molecule has 0 amide bonds. The highest BCUT2D eigenvalue weighted by atomic mass is 35.5. The molecule has 2 N–H and O–H groups in total. The van der Waals surface area contributed by atoms with E-state index in [2.05, 4.69) is 39.1 Å². The lowest BCUT2D eigenvalue weighted by Gasteiger charge is -2.35. The number of nitrogens with zero attached hydrogens (tertiary/aromatic N) is 2. The molecule has 1 aromatic rings. The highest BCUT2D eigenvalue weighted by molar-refractivity contribution is 6.30. The molecule has 1 saturated heterocycles. The summed E-state index contributed by atoms with van der Waals surface area (Å²) >= 11 is 6.00. The summed E-state index contributed by atoms with van der Waals surface area (Å²) in [5, 5.41) is 7.12. The first-order valence-corrected chi connectivity index (χ1v) is 9.79. The van der Waals surface area contributed by atoms with Crippen LogP contribution < -0.4 is 15.4 Å².